The second-order valence-electron chi connectivity index (χ2n) is 4.85. The summed E-state index contributed by atoms with van der Waals surface area (Å²) >= 11 is 0. The van der Waals surface area contributed by atoms with Gasteiger partial charge in [-0.25, -0.2) is 0 Å². The molecule has 0 radical (unpaired) electrons. The summed E-state index contributed by atoms with van der Waals surface area (Å²) in [7, 11) is 0. The molecule has 0 N–H and O–H groups in total. The minimum absolute atomic E-state index is 0.136. The van der Waals surface area contributed by atoms with E-state index in [0.717, 1.165) is 18.4 Å². The van der Waals surface area contributed by atoms with E-state index in [0.29, 0.717) is 6.54 Å². The number of ether oxygens (including phenoxy) is 1. The smallest absolute Gasteiger partial charge is 0.362 e. The third kappa shape index (κ3) is 4.85. The lowest BCUT2D eigenvalue weighted by Gasteiger charge is -2.22. The van der Waals surface area contributed by atoms with Crippen LogP contribution < -0.4 is 0 Å². The number of benzene rings is 1. The van der Waals surface area contributed by atoms with Crippen molar-refractivity contribution in [1.29, 1.82) is 0 Å². The summed E-state index contributed by atoms with van der Waals surface area (Å²) in [5, 5.41) is 0. The maximum atomic E-state index is 12.0. The molecule has 110 valence electrons. The Kier molecular flexibility index (Phi) is 4.65. The van der Waals surface area contributed by atoms with Crippen molar-refractivity contribution < 1.29 is 22.7 Å². The number of hydrogen-bond acceptors (Lipinski definition) is 2. The molecule has 0 bridgehead atoms. The molecule has 1 amide bonds. The van der Waals surface area contributed by atoms with E-state index in [-0.39, 0.29) is 11.9 Å². The third-order valence-corrected chi connectivity index (χ3v) is 2.99. The fourth-order valence-corrected chi connectivity index (χ4v) is 1.92. The van der Waals surface area contributed by atoms with Gasteiger partial charge in [0.2, 0.25) is 5.91 Å². The van der Waals surface area contributed by atoms with E-state index in [2.05, 4.69) is 4.74 Å². The van der Waals surface area contributed by atoms with Crippen LogP contribution in [0.4, 0.5) is 13.2 Å². The Labute approximate surface area is 115 Å². The normalized spacial score (nSPS) is 15.2. The molecule has 1 aromatic carbocycles. The van der Waals surface area contributed by atoms with Crippen molar-refractivity contribution >= 4 is 5.91 Å². The Bertz CT molecular complexity index is 443. The number of carbonyl (C=O) groups is 1. The van der Waals surface area contributed by atoms with E-state index < -0.39 is 19.4 Å². The van der Waals surface area contributed by atoms with Crippen LogP contribution in [0.5, 0.6) is 0 Å². The summed E-state index contributed by atoms with van der Waals surface area (Å²) in [6, 6.07) is 9.52. The van der Waals surface area contributed by atoms with Crippen molar-refractivity contribution in [3.63, 3.8) is 0 Å². The molecule has 1 aliphatic rings. The monoisotopic (exact) mass is 287 g/mol. The van der Waals surface area contributed by atoms with E-state index in [1.165, 1.54) is 0 Å². The van der Waals surface area contributed by atoms with Gasteiger partial charge in [0.1, 0.15) is 13.2 Å². The average molecular weight is 287 g/mol. The van der Waals surface area contributed by atoms with Crippen molar-refractivity contribution in [2.45, 2.75) is 31.6 Å². The van der Waals surface area contributed by atoms with Crippen LogP contribution in [0.3, 0.4) is 0 Å². The second kappa shape index (κ2) is 6.26. The molecule has 2 rings (SSSR count). The van der Waals surface area contributed by atoms with Crippen LogP contribution in [0.2, 0.25) is 0 Å². The molecule has 0 unspecified atom stereocenters. The van der Waals surface area contributed by atoms with Crippen molar-refractivity contribution in [2.75, 3.05) is 13.2 Å². The summed E-state index contributed by atoms with van der Waals surface area (Å²) < 4.78 is 40.4. The van der Waals surface area contributed by atoms with Crippen LogP contribution in [-0.2, 0) is 16.1 Å². The van der Waals surface area contributed by atoms with Gasteiger partial charge < -0.3 is 9.64 Å². The van der Waals surface area contributed by atoms with Crippen molar-refractivity contribution in [1.82, 2.24) is 4.90 Å². The molecular formula is C14H16F3NO2. The highest BCUT2D eigenvalue weighted by atomic mass is 19.4. The molecule has 0 aromatic heterocycles. The molecule has 1 fully saturated rings. The van der Waals surface area contributed by atoms with E-state index >= 15 is 0 Å². The molecule has 0 spiro atoms. The summed E-state index contributed by atoms with van der Waals surface area (Å²) in [5.74, 6) is -0.388. The maximum absolute atomic E-state index is 12.0. The highest BCUT2D eigenvalue weighted by Gasteiger charge is 2.33. The maximum Gasteiger partial charge on any atom is 0.411 e. The predicted octanol–water partition coefficient (Wildman–Crippen LogP) is 2.76. The van der Waals surface area contributed by atoms with Gasteiger partial charge in [0, 0.05) is 12.6 Å². The van der Waals surface area contributed by atoms with Crippen molar-refractivity contribution in [3.05, 3.63) is 35.9 Å². The Morgan fingerprint density at radius 1 is 1.25 bits per heavy atom. The van der Waals surface area contributed by atoms with Crippen LogP contribution in [0.1, 0.15) is 18.4 Å². The van der Waals surface area contributed by atoms with Gasteiger partial charge in [-0.15, -0.1) is 0 Å². The quantitative estimate of drug-likeness (QED) is 0.805. The standard InChI is InChI=1S/C14H16F3NO2/c15-14(16,17)10-20-9-13(19)18(12-6-7-12)8-11-4-2-1-3-5-11/h1-5,12H,6-10H2. The number of rotatable bonds is 6. The molecule has 3 nitrogen and oxygen atoms in total. The van der Waals surface area contributed by atoms with Gasteiger partial charge in [-0.3, -0.25) is 4.79 Å². The van der Waals surface area contributed by atoms with Gasteiger partial charge in [0.25, 0.3) is 0 Å². The fraction of sp³-hybridized carbons (Fsp3) is 0.500. The summed E-state index contributed by atoms with van der Waals surface area (Å²) in [6.07, 6.45) is -2.60. The van der Waals surface area contributed by atoms with Crippen LogP contribution in [0.15, 0.2) is 30.3 Å². The first-order chi connectivity index (χ1) is 9.46. The topological polar surface area (TPSA) is 29.5 Å². The Balaban J connectivity index is 1.87. The first kappa shape index (κ1) is 14.8. The average Bonchev–Trinajstić information content (AvgIpc) is 3.19. The summed E-state index contributed by atoms with van der Waals surface area (Å²) in [5.41, 5.74) is 0.962. The predicted molar refractivity (Wildman–Crippen MR) is 66.9 cm³/mol. The lowest BCUT2D eigenvalue weighted by Crippen LogP contribution is -2.36. The molecular weight excluding hydrogens is 271 g/mol. The molecule has 1 aromatic rings. The SMILES string of the molecule is O=C(COCC(F)(F)F)N(Cc1ccccc1)C1CC1. The molecule has 6 heteroatoms. The minimum Gasteiger partial charge on any atom is -0.362 e. The highest BCUT2D eigenvalue weighted by Crippen LogP contribution is 2.28. The Morgan fingerprint density at radius 2 is 1.90 bits per heavy atom. The molecule has 0 aliphatic heterocycles. The largest absolute Gasteiger partial charge is 0.411 e. The van der Waals surface area contributed by atoms with E-state index in [1.54, 1.807) is 4.90 Å². The second-order valence-corrected chi connectivity index (χ2v) is 4.85. The number of nitrogens with zero attached hydrogens (tertiary/aromatic N) is 1. The van der Waals surface area contributed by atoms with E-state index in [4.69, 9.17) is 0 Å². The molecule has 20 heavy (non-hydrogen) atoms. The highest BCUT2D eigenvalue weighted by molar-refractivity contribution is 5.78. The zero-order chi connectivity index (χ0) is 14.6. The van der Waals surface area contributed by atoms with Gasteiger partial charge >= 0.3 is 6.18 Å². The van der Waals surface area contributed by atoms with Crippen LogP contribution >= 0.6 is 0 Å². The molecule has 1 saturated carbocycles. The first-order valence-electron chi connectivity index (χ1n) is 6.43. The lowest BCUT2D eigenvalue weighted by atomic mass is 10.2. The Morgan fingerprint density at radius 3 is 2.45 bits per heavy atom. The van der Waals surface area contributed by atoms with E-state index in [9.17, 15) is 18.0 Å². The minimum atomic E-state index is -4.40. The van der Waals surface area contributed by atoms with Crippen LogP contribution in [-0.4, -0.2) is 36.2 Å². The Hall–Kier alpha value is -1.56. The molecule has 1 aliphatic carbocycles. The fourth-order valence-electron chi connectivity index (χ4n) is 1.92. The number of carbonyl (C=O) groups excluding carboxylic acids is 1. The zero-order valence-electron chi connectivity index (χ0n) is 10.9. The van der Waals surface area contributed by atoms with Gasteiger partial charge in [-0.05, 0) is 18.4 Å². The number of hydrogen-bond donors (Lipinski definition) is 0. The van der Waals surface area contributed by atoms with Crippen molar-refractivity contribution in [2.24, 2.45) is 0 Å². The summed E-state index contributed by atoms with van der Waals surface area (Å²) in [6.45, 7) is -1.49. The lowest BCUT2D eigenvalue weighted by molar-refractivity contribution is -0.178. The number of halogens is 3. The van der Waals surface area contributed by atoms with Crippen molar-refractivity contribution in [3.8, 4) is 0 Å². The zero-order valence-corrected chi connectivity index (χ0v) is 10.9. The van der Waals surface area contributed by atoms with Gasteiger partial charge in [0.05, 0.1) is 0 Å². The van der Waals surface area contributed by atoms with E-state index in [1.807, 2.05) is 30.3 Å². The van der Waals surface area contributed by atoms with Gasteiger partial charge in [-0.1, -0.05) is 30.3 Å². The molecule has 0 saturated heterocycles. The molecule has 0 atom stereocenters. The summed E-state index contributed by atoms with van der Waals surface area (Å²) in [4.78, 5) is 13.6. The van der Waals surface area contributed by atoms with Gasteiger partial charge in [-0.2, -0.15) is 13.2 Å². The van der Waals surface area contributed by atoms with Crippen LogP contribution in [0, 0.1) is 0 Å². The first-order valence-corrected chi connectivity index (χ1v) is 6.43. The van der Waals surface area contributed by atoms with Crippen LogP contribution in [0.25, 0.3) is 0 Å². The molecule has 0 heterocycles. The number of amides is 1. The number of alkyl halides is 3. The third-order valence-electron chi connectivity index (χ3n) is 2.99. The van der Waals surface area contributed by atoms with Gasteiger partial charge in [0.15, 0.2) is 0 Å².